The molecule has 0 aliphatic heterocycles. The van der Waals surface area contributed by atoms with Gasteiger partial charge < -0.3 is 4.74 Å². The molecule has 0 radical (unpaired) electrons. The van der Waals surface area contributed by atoms with Crippen LogP contribution in [0.25, 0.3) is 11.3 Å². The van der Waals surface area contributed by atoms with Gasteiger partial charge in [0.25, 0.3) is 0 Å². The molecule has 2 aromatic rings. The maximum atomic E-state index is 11.3. The van der Waals surface area contributed by atoms with Gasteiger partial charge in [-0.2, -0.15) is 0 Å². The summed E-state index contributed by atoms with van der Waals surface area (Å²) in [4.78, 5) is 15.5. The van der Waals surface area contributed by atoms with Gasteiger partial charge in [0.1, 0.15) is 0 Å². The lowest BCUT2D eigenvalue weighted by Gasteiger charge is -2.12. The lowest BCUT2D eigenvalue weighted by Crippen LogP contribution is -2.05. The highest BCUT2D eigenvalue weighted by Crippen LogP contribution is 2.35. The van der Waals surface area contributed by atoms with Crippen molar-refractivity contribution >= 4 is 46.8 Å². The van der Waals surface area contributed by atoms with Crippen LogP contribution < -0.4 is 0 Å². The SMILES string of the molecule is COC(=S)c1cccnc1-c1c(Cl)ccc(Cl)c1C=O. The molecule has 0 saturated heterocycles. The summed E-state index contributed by atoms with van der Waals surface area (Å²) in [6, 6.07) is 6.65. The third-order valence-electron chi connectivity index (χ3n) is 2.71. The van der Waals surface area contributed by atoms with Crippen molar-refractivity contribution < 1.29 is 9.53 Å². The average Bonchev–Trinajstić information content (AvgIpc) is 2.48. The zero-order valence-corrected chi connectivity index (χ0v) is 12.7. The van der Waals surface area contributed by atoms with Crippen LogP contribution >= 0.6 is 35.4 Å². The van der Waals surface area contributed by atoms with Gasteiger partial charge >= 0.3 is 0 Å². The van der Waals surface area contributed by atoms with Gasteiger partial charge in [0, 0.05) is 17.3 Å². The number of thiocarbonyl (C=S) groups is 1. The number of hydrogen-bond acceptors (Lipinski definition) is 4. The predicted molar refractivity (Wildman–Crippen MR) is 83.8 cm³/mol. The van der Waals surface area contributed by atoms with Crippen LogP contribution in [0.3, 0.4) is 0 Å². The molecule has 0 amide bonds. The highest BCUT2D eigenvalue weighted by Gasteiger charge is 2.19. The number of carbonyl (C=O) groups is 1. The number of carbonyl (C=O) groups excluding carboxylic acids is 1. The van der Waals surface area contributed by atoms with Crippen LogP contribution in [0.5, 0.6) is 0 Å². The molecule has 0 saturated carbocycles. The molecule has 0 unspecified atom stereocenters. The Bertz CT molecular complexity index is 689. The van der Waals surface area contributed by atoms with Gasteiger partial charge in [0.05, 0.1) is 28.4 Å². The molecule has 20 heavy (non-hydrogen) atoms. The maximum absolute atomic E-state index is 11.3. The Morgan fingerprint density at radius 3 is 2.65 bits per heavy atom. The van der Waals surface area contributed by atoms with Gasteiger partial charge in [-0.3, -0.25) is 9.78 Å². The first-order valence-electron chi connectivity index (χ1n) is 5.57. The molecule has 0 atom stereocenters. The summed E-state index contributed by atoms with van der Waals surface area (Å²) in [6.07, 6.45) is 2.24. The fraction of sp³-hybridized carbons (Fsp3) is 0.0714. The summed E-state index contributed by atoms with van der Waals surface area (Å²) >= 11 is 17.4. The summed E-state index contributed by atoms with van der Waals surface area (Å²) in [5.41, 5.74) is 1.77. The Morgan fingerprint density at radius 2 is 2.00 bits per heavy atom. The van der Waals surface area contributed by atoms with Crippen LogP contribution in [-0.4, -0.2) is 23.4 Å². The highest BCUT2D eigenvalue weighted by atomic mass is 35.5. The molecule has 1 aromatic heterocycles. The molecule has 3 nitrogen and oxygen atoms in total. The molecule has 0 spiro atoms. The summed E-state index contributed by atoms with van der Waals surface area (Å²) < 4.78 is 5.07. The first kappa shape index (κ1) is 14.9. The van der Waals surface area contributed by atoms with Crippen molar-refractivity contribution in [3.8, 4) is 11.3 Å². The fourth-order valence-electron chi connectivity index (χ4n) is 1.80. The smallest absolute Gasteiger partial charge is 0.193 e. The molecule has 2 rings (SSSR count). The molecule has 0 fully saturated rings. The van der Waals surface area contributed by atoms with E-state index in [1.807, 2.05) is 0 Å². The second kappa shape index (κ2) is 6.31. The van der Waals surface area contributed by atoms with E-state index < -0.39 is 0 Å². The van der Waals surface area contributed by atoms with E-state index in [1.54, 1.807) is 30.5 Å². The number of pyridine rings is 1. The van der Waals surface area contributed by atoms with Crippen molar-refractivity contribution in [2.75, 3.05) is 7.11 Å². The summed E-state index contributed by atoms with van der Waals surface area (Å²) in [5.74, 6) is 0. The fourth-order valence-corrected chi connectivity index (χ4v) is 2.42. The van der Waals surface area contributed by atoms with Crippen LogP contribution in [0.15, 0.2) is 30.5 Å². The number of methoxy groups -OCH3 is 1. The minimum absolute atomic E-state index is 0.265. The third-order valence-corrected chi connectivity index (χ3v) is 3.74. The molecule has 1 heterocycles. The lowest BCUT2D eigenvalue weighted by atomic mass is 10.0. The first-order valence-corrected chi connectivity index (χ1v) is 6.73. The van der Waals surface area contributed by atoms with Gasteiger partial charge in [-0.05, 0) is 36.5 Å². The first-order chi connectivity index (χ1) is 9.60. The van der Waals surface area contributed by atoms with Crippen LogP contribution in [0.4, 0.5) is 0 Å². The Balaban J connectivity index is 2.79. The second-order valence-corrected chi connectivity index (χ2v) is 5.01. The monoisotopic (exact) mass is 325 g/mol. The number of nitrogens with zero attached hydrogens (tertiary/aromatic N) is 1. The predicted octanol–water partition coefficient (Wildman–Crippen LogP) is 4.19. The standard InChI is InChI=1S/C14H9Cl2NO2S/c1-19-14(20)8-3-2-6-17-13(8)12-9(7-18)10(15)4-5-11(12)16/h2-7H,1H3. The Labute approximate surface area is 131 Å². The van der Waals surface area contributed by atoms with Crippen LogP contribution in [0, 0.1) is 0 Å². The maximum Gasteiger partial charge on any atom is 0.193 e. The van der Waals surface area contributed by atoms with Crippen LogP contribution in [-0.2, 0) is 4.74 Å². The minimum Gasteiger partial charge on any atom is -0.486 e. The number of aromatic nitrogens is 1. The van der Waals surface area contributed by atoms with Gasteiger partial charge in [-0.1, -0.05) is 23.2 Å². The van der Waals surface area contributed by atoms with E-state index in [0.717, 1.165) is 0 Å². The molecule has 0 N–H and O–H groups in total. The van der Waals surface area contributed by atoms with E-state index >= 15 is 0 Å². The topological polar surface area (TPSA) is 39.2 Å². The second-order valence-electron chi connectivity index (χ2n) is 3.83. The van der Waals surface area contributed by atoms with Crippen LogP contribution in [0.2, 0.25) is 10.0 Å². The van der Waals surface area contributed by atoms with E-state index in [2.05, 4.69) is 4.98 Å². The zero-order chi connectivity index (χ0) is 14.7. The van der Waals surface area contributed by atoms with Crippen molar-refractivity contribution in [3.05, 3.63) is 51.6 Å². The Hall–Kier alpha value is -1.49. The van der Waals surface area contributed by atoms with E-state index in [0.29, 0.717) is 33.2 Å². The number of rotatable bonds is 3. The van der Waals surface area contributed by atoms with E-state index in [4.69, 9.17) is 40.2 Å². The van der Waals surface area contributed by atoms with Gasteiger partial charge in [0.15, 0.2) is 11.3 Å². The van der Waals surface area contributed by atoms with Crippen molar-refractivity contribution in [3.63, 3.8) is 0 Å². The molecular formula is C14H9Cl2NO2S. The highest BCUT2D eigenvalue weighted by molar-refractivity contribution is 7.80. The molecule has 6 heteroatoms. The summed E-state index contributed by atoms with van der Waals surface area (Å²) in [5, 5.41) is 0.940. The molecule has 1 aromatic carbocycles. The van der Waals surface area contributed by atoms with Crippen molar-refractivity contribution in [1.82, 2.24) is 4.98 Å². The summed E-state index contributed by atoms with van der Waals surface area (Å²) in [7, 11) is 1.47. The Kier molecular flexibility index (Phi) is 4.70. The molecule has 0 aliphatic rings. The lowest BCUT2D eigenvalue weighted by molar-refractivity contribution is 0.112. The molecule has 0 bridgehead atoms. The average molecular weight is 326 g/mol. The van der Waals surface area contributed by atoms with E-state index in [-0.39, 0.29) is 10.6 Å². The molecule has 0 aliphatic carbocycles. The van der Waals surface area contributed by atoms with Gasteiger partial charge in [-0.25, -0.2) is 0 Å². The zero-order valence-electron chi connectivity index (χ0n) is 10.4. The van der Waals surface area contributed by atoms with Crippen molar-refractivity contribution in [2.24, 2.45) is 0 Å². The van der Waals surface area contributed by atoms with Crippen LogP contribution in [0.1, 0.15) is 15.9 Å². The quantitative estimate of drug-likeness (QED) is 0.626. The van der Waals surface area contributed by atoms with Crippen molar-refractivity contribution in [2.45, 2.75) is 0 Å². The number of aldehydes is 1. The Morgan fingerprint density at radius 1 is 1.30 bits per heavy atom. The van der Waals surface area contributed by atoms with E-state index in [1.165, 1.54) is 7.11 Å². The minimum atomic E-state index is 0.265. The van der Waals surface area contributed by atoms with Gasteiger partial charge in [0.2, 0.25) is 0 Å². The van der Waals surface area contributed by atoms with E-state index in [9.17, 15) is 4.79 Å². The number of ether oxygens (including phenoxy) is 1. The number of benzene rings is 1. The van der Waals surface area contributed by atoms with Gasteiger partial charge in [-0.15, -0.1) is 0 Å². The third kappa shape index (κ3) is 2.68. The largest absolute Gasteiger partial charge is 0.486 e. The number of hydrogen-bond donors (Lipinski definition) is 0. The number of halogens is 2. The molecule has 102 valence electrons. The van der Waals surface area contributed by atoms with Crippen molar-refractivity contribution in [1.29, 1.82) is 0 Å². The molecular weight excluding hydrogens is 317 g/mol. The normalized spacial score (nSPS) is 10.2. The summed E-state index contributed by atoms with van der Waals surface area (Å²) in [6.45, 7) is 0.